The van der Waals surface area contributed by atoms with E-state index in [1.54, 1.807) is 0 Å². The van der Waals surface area contributed by atoms with Gasteiger partial charge in [0.1, 0.15) is 0 Å². The maximum Gasteiger partial charge on any atom is 0.322 e. The molecule has 0 aromatic carbocycles. The average Bonchev–Trinajstić information content (AvgIpc) is 1.12. The molecule has 0 aliphatic heterocycles. The van der Waals surface area contributed by atoms with Crippen molar-refractivity contribution in [1.82, 2.24) is 0 Å². The van der Waals surface area contributed by atoms with Gasteiger partial charge in [-0.05, 0) is 0 Å². The molecule has 0 aromatic rings. The summed E-state index contributed by atoms with van der Waals surface area (Å²) >= 11 is 0. The fraction of sp³-hybridized carbons (Fsp3) is 1.00. The third-order valence-electron chi connectivity index (χ3n) is 0. The Balaban J connectivity index is -0.000000107. The number of rotatable bonds is 0. The molecular formula is C3H14O6P2. The molecule has 0 aliphatic rings. The van der Waals surface area contributed by atoms with Crippen molar-refractivity contribution < 1.29 is 28.7 Å². The van der Waals surface area contributed by atoms with Crippen LogP contribution in [0, 0.1) is 0 Å². The van der Waals surface area contributed by atoms with Crippen LogP contribution in [0.15, 0.2) is 0 Å². The summed E-state index contributed by atoms with van der Waals surface area (Å²) in [5.74, 6) is 0. The van der Waals surface area contributed by atoms with Crippen molar-refractivity contribution in [2.24, 2.45) is 0 Å². The molecule has 11 heavy (non-hydrogen) atoms. The van der Waals surface area contributed by atoms with E-state index in [9.17, 15) is 9.13 Å². The van der Waals surface area contributed by atoms with Gasteiger partial charge >= 0.3 is 15.2 Å². The van der Waals surface area contributed by atoms with Crippen LogP contribution in [-0.2, 0) is 9.13 Å². The predicted octanol–water partition coefficient (Wildman–Crippen LogP) is 0.224. The standard InChI is InChI=1S/2CH5O3P.CH4/c2*1-5(2,3)4;/h2*1H3,(H2,2,3,4);1H4. The van der Waals surface area contributed by atoms with Gasteiger partial charge in [0.25, 0.3) is 0 Å². The molecule has 0 saturated carbocycles. The summed E-state index contributed by atoms with van der Waals surface area (Å²) < 4.78 is 18.7. The molecule has 8 heteroatoms. The lowest BCUT2D eigenvalue weighted by atomic mass is 12.0. The zero-order valence-corrected chi connectivity index (χ0v) is 7.29. The number of hydrogen-bond acceptors (Lipinski definition) is 2. The van der Waals surface area contributed by atoms with Gasteiger partial charge in [0.2, 0.25) is 0 Å². The van der Waals surface area contributed by atoms with Crippen LogP contribution in [0.2, 0.25) is 0 Å². The summed E-state index contributed by atoms with van der Waals surface area (Å²) in [6.07, 6.45) is 0. The highest BCUT2D eigenvalue weighted by Crippen LogP contribution is 2.27. The first-order chi connectivity index (χ1) is 4.00. The third kappa shape index (κ3) is 7880. The second kappa shape index (κ2) is 5.89. The lowest BCUT2D eigenvalue weighted by molar-refractivity contribution is 0.379. The molecule has 0 bridgehead atoms. The minimum Gasteiger partial charge on any atom is -0.325 e. The number of hydrogen-bond donors (Lipinski definition) is 4. The third-order valence-corrected chi connectivity index (χ3v) is 0. The molecule has 0 heterocycles. The Morgan fingerprint density at radius 3 is 0.818 bits per heavy atom. The minimum absolute atomic E-state index is 0. The molecule has 0 fully saturated rings. The summed E-state index contributed by atoms with van der Waals surface area (Å²) in [7, 11) is -7.28. The van der Waals surface area contributed by atoms with E-state index >= 15 is 0 Å². The SMILES string of the molecule is C.CP(=O)(O)O.CP(=O)(O)O. The first kappa shape index (κ1) is 17.4. The van der Waals surface area contributed by atoms with Gasteiger partial charge in [0.05, 0.1) is 0 Å². The summed E-state index contributed by atoms with van der Waals surface area (Å²) in [4.78, 5) is 30.5. The largest absolute Gasteiger partial charge is 0.325 e. The maximum absolute atomic E-state index is 9.33. The average molecular weight is 208 g/mol. The molecule has 0 radical (unpaired) electrons. The van der Waals surface area contributed by atoms with Crippen LogP contribution in [0.25, 0.3) is 0 Å². The zero-order chi connectivity index (χ0) is 9.00. The van der Waals surface area contributed by atoms with E-state index in [2.05, 4.69) is 0 Å². The molecule has 72 valence electrons. The zero-order valence-electron chi connectivity index (χ0n) is 5.50. The van der Waals surface area contributed by atoms with Crippen molar-refractivity contribution in [3.63, 3.8) is 0 Å². The van der Waals surface area contributed by atoms with Crippen LogP contribution >= 0.6 is 15.2 Å². The first-order valence-electron chi connectivity index (χ1n) is 2.06. The van der Waals surface area contributed by atoms with Crippen LogP contribution in [0.4, 0.5) is 0 Å². The van der Waals surface area contributed by atoms with Gasteiger partial charge in [-0.2, -0.15) is 0 Å². The molecule has 0 atom stereocenters. The summed E-state index contributed by atoms with van der Waals surface area (Å²) in [5.41, 5.74) is 0. The quantitative estimate of drug-likeness (QED) is 0.423. The van der Waals surface area contributed by atoms with Gasteiger partial charge in [-0.3, -0.25) is 9.13 Å². The van der Waals surface area contributed by atoms with Crippen LogP contribution in [0.5, 0.6) is 0 Å². The van der Waals surface area contributed by atoms with Gasteiger partial charge in [-0.15, -0.1) is 0 Å². The Hall–Kier alpha value is 0.300. The fourth-order valence-electron chi connectivity index (χ4n) is 0. The van der Waals surface area contributed by atoms with E-state index < -0.39 is 15.2 Å². The minimum atomic E-state index is -3.64. The normalized spacial score (nSPS) is 10.7. The molecule has 0 saturated heterocycles. The molecule has 0 amide bonds. The Labute approximate surface area is 65.6 Å². The summed E-state index contributed by atoms with van der Waals surface area (Å²) in [6, 6.07) is 0. The monoisotopic (exact) mass is 208 g/mol. The van der Waals surface area contributed by atoms with Crippen molar-refractivity contribution in [1.29, 1.82) is 0 Å². The Kier molecular flexibility index (Phi) is 9.32. The fourth-order valence-corrected chi connectivity index (χ4v) is 0. The van der Waals surface area contributed by atoms with Crippen LogP contribution in [0.3, 0.4) is 0 Å². The Bertz CT molecular complexity index is 128. The molecule has 0 rings (SSSR count). The Morgan fingerprint density at radius 2 is 0.818 bits per heavy atom. The van der Waals surface area contributed by atoms with E-state index in [-0.39, 0.29) is 7.43 Å². The summed E-state index contributed by atoms with van der Waals surface area (Å²) in [6.45, 7) is 1.71. The van der Waals surface area contributed by atoms with Crippen LogP contribution in [0.1, 0.15) is 7.43 Å². The van der Waals surface area contributed by atoms with E-state index in [0.29, 0.717) is 0 Å². The van der Waals surface area contributed by atoms with Crippen molar-refractivity contribution in [3.8, 4) is 0 Å². The first-order valence-corrected chi connectivity index (χ1v) is 6.18. The topological polar surface area (TPSA) is 115 Å². The van der Waals surface area contributed by atoms with E-state index in [1.165, 1.54) is 0 Å². The van der Waals surface area contributed by atoms with E-state index in [0.717, 1.165) is 13.3 Å². The highest BCUT2D eigenvalue weighted by Gasteiger charge is 1.96. The van der Waals surface area contributed by atoms with Gasteiger partial charge in [0.15, 0.2) is 0 Å². The van der Waals surface area contributed by atoms with Gasteiger partial charge in [-0.1, -0.05) is 7.43 Å². The predicted molar refractivity (Wildman–Crippen MR) is 42.7 cm³/mol. The van der Waals surface area contributed by atoms with Gasteiger partial charge in [0, 0.05) is 13.3 Å². The van der Waals surface area contributed by atoms with Crippen LogP contribution in [-0.4, -0.2) is 32.9 Å². The molecule has 0 spiro atoms. The van der Waals surface area contributed by atoms with Gasteiger partial charge < -0.3 is 19.6 Å². The lowest BCUT2D eigenvalue weighted by Crippen LogP contribution is -1.64. The second-order valence-electron chi connectivity index (χ2n) is 1.67. The molecule has 4 N–H and O–H groups in total. The molecule has 0 aromatic heterocycles. The van der Waals surface area contributed by atoms with Crippen molar-refractivity contribution >= 4 is 15.2 Å². The van der Waals surface area contributed by atoms with Crippen molar-refractivity contribution in [2.45, 2.75) is 7.43 Å². The maximum atomic E-state index is 9.33. The highest BCUT2D eigenvalue weighted by molar-refractivity contribution is 7.51. The molecule has 0 unspecified atom stereocenters. The van der Waals surface area contributed by atoms with Crippen molar-refractivity contribution in [3.05, 3.63) is 0 Å². The summed E-state index contributed by atoms with van der Waals surface area (Å²) in [5, 5.41) is 0. The molecule has 6 nitrogen and oxygen atoms in total. The molecular weight excluding hydrogens is 194 g/mol. The van der Waals surface area contributed by atoms with Gasteiger partial charge in [-0.25, -0.2) is 0 Å². The molecule has 0 aliphatic carbocycles. The Morgan fingerprint density at radius 1 is 0.818 bits per heavy atom. The smallest absolute Gasteiger partial charge is 0.322 e. The second-order valence-corrected chi connectivity index (χ2v) is 5.01. The van der Waals surface area contributed by atoms with Crippen molar-refractivity contribution in [2.75, 3.05) is 13.3 Å². The van der Waals surface area contributed by atoms with E-state index in [1.807, 2.05) is 0 Å². The highest BCUT2D eigenvalue weighted by atomic mass is 31.2. The van der Waals surface area contributed by atoms with E-state index in [4.69, 9.17) is 19.6 Å². The van der Waals surface area contributed by atoms with Crippen LogP contribution < -0.4 is 0 Å². The lowest BCUT2D eigenvalue weighted by Gasteiger charge is -1.84.